The first-order valence-corrected chi connectivity index (χ1v) is 13.3. The van der Waals surface area contributed by atoms with Crippen molar-refractivity contribution in [2.75, 3.05) is 10.6 Å². The van der Waals surface area contributed by atoms with E-state index < -0.39 is 0 Å². The van der Waals surface area contributed by atoms with Gasteiger partial charge >= 0.3 is 0 Å². The summed E-state index contributed by atoms with van der Waals surface area (Å²) in [4.78, 5) is 33.4. The van der Waals surface area contributed by atoms with Gasteiger partial charge in [0.25, 0.3) is 5.91 Å². The van der Waals surface area contributed by atoms with Crippen LogP contribution in [0, 0.1) is 23.2 Å². The van der Waals surface area contributed by atoms with Crippen LogP contribution in [0.1, 0.15) is 49.0 Å². The van der Waals surface area contributed by atoms with Gasteiger partial charge in [0.15, 0.2) is 0 Å². The second-order valence-corrected chi connectivity index (χ2v) is 11.4. The highest BCUT2D eigenvalue weighted by atomic mass is 16.2. The van der Waals surface area contributed by atoms with Crippen LogP contribution in [0.5, 0.6) is 0 Å². The second kappa shape index (κ2) is 8.58. The van der Waals surface area contributed by atoms with E-state index in [-0.39, 0.29) is 17.2 Å². The fraction of sp³-hybridized carbons (Fsp3) is 0.323. The molecule has 0 aliphatic heterocycles. The van der Waals surface area contributed by atoms with Crippen molar-refractivity contribution in [1.82, 2.24) is 9.97 Å². The lowest BCUT2D eigenvalue weighted by Crippen LogP contribution is -2.51. The van der Waals surface area contributed by atoms with Crippen LogP contribution in [0.25, 0.3) is 22.2 Å². The molecule has 4 bridgehead atoms. The molecule has 8 rings (SSSR count). The summed E-state index contributed by atoms with van der Waals surface area (Å²) in [6.45, 7) is 0. The summed E-state index contributed by atoms with van der Waals surface area (Å²) in [6, 6.07) is 21.2. The summed E-state index contributed by atoms with van der Waals surface area (Å²) in [6.07, 6.45) is 8.83. The number of fused-ring (bicyclic) bond motifs is 1. The van der Waals surface area contributed by atoms with Crippen LogP contribution < -0.4 is 10.6 Å². The lowest BCUT2D eigenvalue weighted by atomic mass is 9.49. The fourth-order valence-electron chi connectivity index (χ4n) is 7.44. The molecule has 6 nitrogen and oxygen atoms in total. The summed E-state index contributed by atoms with van der Waals surface area (Å²) >= 11 is 0. The monoisotopic (exact) mass is 490 g/mol. The average molecular weight is 491 g/mol. The molecule has 4 aliphatic rings. The van der Waals surface area contributed by atoms with E-state index >= 15 is 0 Å². The SMILES string of the molecule is O=C(Nc1ccc2[nH]c(-c3ccc(NC(=O)C45CC6CC(CC(C6)C4)C5)cc3)cc2c1)c1ccccn1. The minimum Gasteiger partial charge on any atom is -0.355 e. The molecule has 4 fully saturated rings. The van der Waals surface area contributed by atoms with Gasteiger partial charge in [-0.15, -0.1) is 0 Å². The van der Waals surface area contributed by atoms with E-state index in [2.05, 4.69) is 26.7 Å². The third kappa shape index (κ3) is 4.10. The van der Waals surface area contributed by atoms with Gasteiger partial charge in [-0.1, -0.05) is 18.2 Å². The first-order chi connectivity index (χ1) is 18.0. The number of hydrogen-bond donors (Lipinski definition) is 3. The van der Waals surface area contributed by atoms with Crippen LogP contribution in [0.15, 0.2) is 72.9 Å². The molecular weight excluding hydrogens is 460 g/mol. The molecule has 4 aromatic rings. The van der Waals surface area contributed by atoms with Gasteiger partial charge in [-0.25, -0.2) is 0 Å². The molecule has 4 aliphatic carbocycles. The van der Waals surface area contributed by atoms with Gasteiger partial charge in [0, 0.05) is 34.2 Å². The van der Waals surface area contributed by atoms with Crippen molar-refractivity contribution < 1.29 is 9.59 Å². The molecule has 0 spiro atoms. The first-order valence-electron chi connectivity index (χ1n) is 13.3. The van der Waals surface area contributed by atoms with Crippen LogP contribution in [-0.2, 0) is 4.79 Å². The lowest BCUT2D eigenvalue weighted by molar-refractivity contribution is -0.140. The summed E-state index contributed by atoms with van der Waals surface area (Å²) in [5, 5.41) is 7.17. The number of pyridine rings is 1. The number of carbonyl (C=O) groups excluding carboxylic acids is 2. The van der Waals surface area contributed by atoms with Gasteiger partial charge in [0.05, 0.1) is 5.41 Å². The predicted molar refractivity (Wildman–Crippen MR) is 145 cm³/mol. The number of rotatable bonds is 5. The molecule has 0 atom stereocenters. The fourth-order valence-corrected chi connectivity index (χ4v) is 7.44. The Balaban J connectivity index is 1.05. The van der Waals surface area contributed by atoms with Crippen LogP contribution >= 0.6 is 0 Å². The number of nitrogens with one attached hydrogen (secondary N) is 3. The summed E-state index contributed by atoms with van der Waals surface area (Å²) in [5.41, 5.74) is 4.84. The Morgan fingerprint density at radius 3 is 2.19 bits per heavy atom. The number of H-pyrrole nitrogens is 1. The standard InChI is InChI=1S/C31H30N4O2/c36-29(27-3-1-2-10-32-27)33-25-8-9-26-23(14-25)15-28(35-26)22-4-6-24(7-5-22)34-30(37)31-16-19-11-20(17-31)13-21(12-19)18-31/h1-10,14-15,19-21,35H,11-13,16-18H2,(H,33,36)(H,34,37). The van der Waals surface area contributed by atoms with Crippen LogP contribution in [0.3, 0.4) is 0 Å². The van der Waals surface area contributed by atoms with Crippen molar-refractivity contribution in [1.29, 1.82) is 0 Å². The lowest BCUT2D eigenvalue weighted by Gasteiger charge is -2.55. The van der Waals surface area contributed by atoms with Gasteiger partial charge < -0.3 is 15.6 Å². The maximum absolute atomic E-state index is 13.4. The predicted octanol–water partition coefficient (Wildman–Crippen LogP) is 6.64. The van der Waals surface area contributed by atoms with Gasteiger partial charge in [0.2, 0.25) is 5.91 Å². The number of nitrogens with zero attached hydrogens (tertiary/aromatic N) is 1. The van der Waals surface area contributed by atoms with Crippen molar-refractivity contribution in [2.45, 2.75) is 38.5 Å². The second-order valence-electron chi connectivity index (χ2n) is 11.4. The summed E-state index contributed by atoms with van der Waals surface area (Å²) < 4.78 is 0. The van der Waals surface area contributed by atoms with E-state index in [1.165, 1.54) is 19.3 Å². The van der Waals surface area contributed by atoms with E-state index in [1.807, 2.05) is 42.5 Å². The topological polar surface area (TPSA) is 86.9 Å². The third-order valence-corrected chi connectivity index (χ3v) is 8.75. The number of hydrogen-bond acceptors (Lipinski definition) is 3. The van der Waals surface area contributed by atoms with Gasteiger partial charge in [-0.3, -0.25) is 14.6 Å². The Morgan fingerprint density at radius 2 is 1.51 bits per heavy atom. The molecule has 6 heteroatoms. The van der Waals surface area contributed by atoms with E-state index in [0.29, 0.717) is 5.69 Å². The maximum atomic E-state index is 13.4. The highest BCUT2D eigenvalue weighted by molar-refractivity contribution is 6.04. The molecule has 4 saturated carbocycles. The normalized spacial score (nSPS) is 25.8. The highest BCUT2D eigenvalue weighted by Gasteiger charge is 2.54. The molecule has 0 radical (unpaired) electrons. The van der Waals surface area contributed by atoms with E-state index in [1.54, 1.807) is 24.4 Å². The Labute approximate surface area is 215 Å². The van der Waals surface area contributed by atoms with Crippen molar-refractivity contribution >= 4 is 34.1 Å². The molecule has 37 heavy (non-hydrogen) atoms. The molecule has 0 unspecified atom stereocenters. The molecule has 2 aromatic heterocycles. The molecular formula is C31H30N4O2. The zero-order valence-corrected chi connectivity index (χ0v) is 20.7. The largest absolute Gasteiger partial charge is 0.355 e. The maximum Gasteiger partial charge on any atom is 0.274 e. The zero-order chi connectivity index (χ0) is 25.0. The van der Waals surface area contributed by atoms with Crippen molar-refractivity contribution in [3.63, 3.8) is 0 Å². The summed E-state index contributed by atoms with van der Waals surface area (Å²) in [7, 11) is 0. The molecule has 2 amide bonds. The minimum absolute atomic E-state index is 0.145. The van der Waals surface area contributed by atoms with Crippen LogP contribution in [0.2, 0.25) is 0 Å². The Kier molecular flexibility index (Phi) is 5.17. The Morgan fingerprint density at radius 1 is 0.811 bits per heavy atom. The first kappa shape index (κ1) is 22.3. The molecule has 186 valence electrons. The van der Waals surface area contributed by atoms with Crippen molar-refractivity contribution in [2.24, 2.45) is 23.2 Å². The van der Waals surface area contributed by atoms with E-state index in [0.717, 1.165) is 70.6 Å². The van der Waals surface area contributed by atoms with Crippen molar-refractivity contribution in [3.05, 3.63) is 78.6 Å². The van der Waals surface area contributed by atoms with Crippen molar-refractivity contribution in [3.8, 4) is 11.3 Å². The van der Waals surface area contributed by atoms with Crippen LogP contribution in [-0.4, -0.2) is 21.8 Å². The molecule has 3 N–H and O–H groups in total. The summed E-state index contributed by atoms with van der Waals surface area (Å²) in [5.74, 6) is 2.26. The number of amides is 2. The Hall–Kier alpha value is -3.93. The van der Waals surface area contributed by atoms with Gasteiger partial charge in [-0.2, -0.15) is 0 Å². The minimum atomic E-state index is -0.234. The number of aromatic nitrogens is 2. The molecule has 2 heterocycles. The van der Waals surface area contributed by atoms with E-state index in [9.17, 15) is 9.59 Å². The Bertz CT molecular complexity index is 1450. The smallest absolute Gasteiger partial charge is 0.274 e. The molecule has 0 saturated heterocycles. The number of anilines is 2. The van der Waals surface area contributed by atoms with E-state index in [4.69, 9.17) is 0 Å². The number of carbonyl (C=O) groups is 2. The number of aromatic amines is 1. The highest BCUT2D eigenvalue weighted by Crippen LogP contribution is 2.60. The van der Waals surface area contributed by atoms with Gasteiger partial charge in [-0.05, 0) is 110 Å². The van der Waals surface area contributed by atoms with Gasteiger partial charge in [0.1, 0.15) is 5.69 Å². The molecule has 2 aromatic carbocycles. The zero-order valence-electron chi connectivity index (χ0n) is 20.7. The number of benzene rings is 2. The quantitative estimate of drug-likeness (QED) is 0.293. The van der Waals surface area contributed by atoms with Crippen LogP contribution in [0.4, 0.5) is 11.4 Å². The average Bonchev–Trinajstić information content (AvgIpc) is 3.32. The third-order valence-electron chi connectivity index (χ3n) is 8.75.